The van der Waals surface area contributed by atoms with Gasteiger partial charge in [0.25, 0.3) is 5.91 Å². The van der Waals surface area contributed by atoms with Crippen molar-refractivity contribution in [2.75, 3.05) is 4.90 Å². The van der Waals surface area contributed by atoms with E-state index in [9.17, 15) is 14.7 Å². The number of nitrogens with zero attached hydrogens (tertiary/aromatic N) is 2. The molecule has 0 aliphatic carbocycles. The summed E-state index contributed by atoms with van der Waals surface area (Å²) in [5.74, 6) is -1.33. The first-order valence-electron chi connectivity index (χ1n) is 6.64. The van der Waals surface area contributed by atoms with Crippen molar-refractivity contribution in [3.8, 4) is 0 Å². The van der Waals surface area contributed by atoms with Crippen LogP contribution in [0, 0.1) is 6.92 Å². The van der Waals surface area contributed by atoms with Crippen LogP contribution in [-0.4, -0.2) is 28.0 Å². The molecule has 0 spiro atoms. The molecular weight excluding hydrogens is 268 g/mol. The van der Waals surface area contributed by atoms with Crippen molar-refractivity contribution in [2.24, 2.45) is 0 Å². The minimum absolute atomic E-state index is 0.330. The molecule has 0 radical (unpaired) electrons. The average molecular weight is 282 g/mol. The maximum absolute atomic E-state index is 12.7. The summed E-state index contributed by atoms with van der Waals surface area (Å²) in [6.45, 7) is 1.84. The molecule has 0 saturated heterocycles. The number of aromatic nitrogens is 1. The van der Waals surface area contributed by atoms with E-state index < -0.39 is 12.0 Å². The quantitative estimate of drug-likeness (QED) is 0.915. The summed E-state index contributed by atoms with van der Waals surface area (Å²) in [4.78, 5) is 29.5. The van der Waals surface area contributed by atoms with E-state index in [1.54, 1.807) is 24.4 Å². The highest BCUT2D eigenvalue weighted by atomic mass is 16.4. The molecule has 1 aliphatic heterocycles. The van der Waals surface area contributed by atoms with Crippen LogP contribution >= 0.6 is 0 Å². The fourth-order valence-corrected chi connectivity index (χ4v) is 2.65. The Morgan fingerprint density at radius 1 is 1.29 bits per heavy atom. The van der Waals surface area contributed by atoms with Crippen LogP contribution in [-0.2, 0) is 11.2 Å². The van der Waals surface area contributed by atoms with Crippen molar-refractivity contribution in [1.29, 1.82) is 0 Å². The summed E-state index contributed by atoms with van der Waals surface area (Å²) in [6.07, 6.45) is 3.45. The highest BCUT2D eigenvalue weighted by Crippen LogP contribution is 2.33. The second kappa shape index (κ2) is 5.01. The number of pyridine rings is 1. The van der Waals surface area contributed by atoms with E-state index in [4.69, 9.17) is 0 Å². The van der Waals surface area contributed by atoms with E-state index in [1.807, 2.05) is 19.1 Å². The molecule has 106 valence electrons. The first-order chi connectivity index (χ1) is 10.1. The zero-order valence-corrected chi connectivity index (χ0v) is 11.5. The number of para-hydroxylation sites is 1. The smallest absolute Gasteiger partial charge is 0.327 e. The van der Waals surface area contributed by atoms with Crippen molar-refractivity contribution in [1.82, 2.24) is 4.98 Å². The second-order valence-corrected chi connectivity index (χ2v) is 5.11. The first kappa shape index (κ1) is 13.3. The van der Waals surface area contributed by atoms with Gasteiger partial charge in [-0.3, -0.25) is 14.7 Å². The SMILES string of the molecule is Cc1cncc(C(=O)N2c3ccccc3C[C@H]2C(=O)O)c1. The number of hydrogen-bond acceptors (Lipinski definition) is 3. The maximum atomic E-state index is 12.7. The third-order valence-corrected chi connectivity index (χ3v) is 3.60. The van der Waals surface area contributed by atoms with Gasteiger partial charge < -0.3 is 5.11 Å². The van der Waals surface area contributed by atoms with Crippen LogP contribution in [0.3, 0.4) is 0 Å². The molecule has 1 aliphatic rings. The number of hydrogen-bond donors (Lipinski definition) is 1. The Bertz CT molecular complexity index is 727. The molecule has 1 N–H and O–H groups in total. The largest absolute Gasteiger partial charge is 0.480 e. The van der Waals surface area contributed by atoms with Gasteiger partial charge in [-0.2, -0.15) is 0 Å². The van der Waals surface area contributed by atoms with E-state index in [-0.39, 0.29) is 5.91 Å². The first-order valence-corrected chi connectivity index (χ1v) is 6.64. The van der Waals surface area contributed by atoms with E-state index in [0.717, 1.165) is 11.1 Å². The number of carboxylic acids is 1. The van der Waals surface area contributed by atoms with Gasteiger partial charge in [0.15, 0.2) is 0 Å². The minimum Gasteiger partial charge on any atom is -0.480 e. The fourth-order valence-electron chi connectivity index (χ4n) is 2.65. The predicted molar refractivity (Wildman–Crippen MR) is 77.4 cm³/mol. The van der Waals surface area contributed by atoms with Gasteiger partial charge in [-0.15, -0.1) is 0 Å². The Balaban J connectivity index is 2.05. The Morgan fingerprint density at radius 2 is 2.05 bits per heavy atom. The van der Waals surface area contributed by atoms with Crippen LogP contribution in [0.1, 0.15) is 21.5 Å². The van der Waals surface area contributed by atoms with Gasteiger partial charge in [-0.05, 0) is 30.2 Å². The number of aliphatic carboxylic acids is 1. The lowest BCUT2D eigenvalue weighted by molar-refractivity contribution is -0.138. The number of amides is 1. The van der Waals surface area contributed by atoms with Gasteiger partial charge in [0.1, 0.15) is 6.04 Å². The van der Waals surface area contributed by atoms with Gasteiger partial charge in [0.2, 0.25) is 0 Å². The molecule has 1 atom stereocenters. The molecule has 1 amide bonds. The molecule has 2 aromatic rings. The molecule has 0 fully saturated rings. The number of fused-ring (bicyclic) bond motifs is 1. The lowest BCUT2D eigenvalue weighted by Gasteiger charge is -2.22. The third kappa shape index (κ3) is 2.27. The number of benzene rings is 1. The summed E-state index contributed by atoms with van der Waals surface area (Å²) in [6, 6.07) is 8.13. The topological polar surface area (TPSA) is 70.5 Å². The molecule has 0 unspecified atom stereocenters. The Kier molecular flexibility index (Phi) is 3.17. The Labute approximate surface area is 121 Å². The second-order valence-electron chi connectivity index (χ2n) is 5.11. The zero-order valence-electron chi connectivity index (χ0n) is 11.5. The molecule has 21 heavy (non-hydrogen) atoms. The van der Waals surface area contributed by atoms with Gasteiger partial charge in [0.05, 0.1) is 5.56 Å². The van der Waals surface area contributed by atoms with Crippen molar-refractivity contribution in [3.05, 3.63) is 59.4 Å². The molecule has 3 rings (SSSR count). The number of aryl methyl sites for hydroxylation is 1. The third-order valence-electron chi connectivity index (χ3n) is 3.60. The average Bonchev–Trinajstić information content (AvgIpc) is 2.86. The van der Waals surface area contributed by atoms with Crippen LogP contribution in [0.5, 0.6) is 0 Å². The predicted octanol–water partition coefficient (Wildman–Crippen LogP) is 2.05. The van der Waals surface area contributed by atoms with Gasteiger partial charge in [0, 0.05) is 24.5 Å². The zero-order chi connectivity index (χ0) is 15.0. The van der Waals surface area contributed by atoms with Crippen LogP contribution < -0.4 is 4.90 Å². The molecular formula is C16H14N2O3. The summed E-state index contributed by atoms with van der Waals surface area (Å²) >= 11 is 0. The molecule has 0 saturated carbocycles. The summed E-state index contributed by atoms with van der Waals surface area (Å²) in [5, 5.41) is 9.40. The highest BCUT2D eigenvalue weighted by molar-refractivity contribution is 6.10. The van der Waals surface area contributed by atoms with Crippen molar-refractivity contribution >= 4 is 17.6 Å². The number of carboxylic acid groups (broad SMARTS) is 1. The van der Waals surface area contributed by atoms with Crippen LogP contribution in [0.15, 0.2) is 42.7 Å². The fraction of sp³-hybridized carbons (Fsp3) is 0.188. The van der Waals surface area contributed by atoms with Crippen LogP contribution in [0.4, 0.5) is 5.69 Å². The molecule has 1 aromatic heterocycles. The molecule has 2 heterocycles. The van der Waals surface area contributed by atoms with Gasteiger partial charge >= 0.3 is 5.97 Å². The van der Waals surface area contributed by atoms with Gasteiger partial charge in [-0.1, -0.05) is 18.2 Å². The lowest BCUT2D eigenvalue weighted by Crippen LogP contribution is -2.42. The maximum Gasteiger partial charge on any atom is 0.327 e. The van der Waals surface area contributed by atoms with Crippen molar-refractivity contribution < 1.29 is 14.7 Å². The van der Waals surface area contributed by atoms with Crippen LogP contribution in [0.25, 0.3) is 0 Å². The normalized spacial score (nSPS) is 16.6. The van der Waals surface area contributed by atoms with E-state index >= 15 is 0 Å². The molecule has 1 aromatic carbocycles. The van der Waals surface area contributed by atoms with E-state index in [2.05, 4.69) is 4.98 Å². The lowest BCUT2D eigenvalue weighted by atomic mass is 10.1. The van der Waals surface area contributed by atoms with Crippen molar-refractivity contribution in [2.45, 2.75) is 19.4 Å². The standard InChI is InChI=1S/C16H14N2O3/c1-10-6-12(9-17-8-10)15(19)18-13-5-3-2-4-11(13)7-14(18)16(20)21/h2-6,8-9,14H,7H2,1H3,(H,20,21)/t14-/m0/s1. The van der Waals surface area contributed by atoms with Crippen LogP contribution in [0.2, 0.25) is 0 Å². The minimum atomic E-state index is -1.000. The monoisotopic (exact) mass is 282 g/mol. The molecule has 5 heteroatoms. The number of anilines is 1. The summed E-state index contributed by atoms with van der Waals surface area (Å²) < 4.78 is 0. The summed E-state index contributed by atoms with van der Waals surface area (Å²) in [7, 11) is 0. The number of rotatable bonds is 2. The van der Waals surface area contributed by atoms with Crippen molar-refractivity contribution in [3.63, 3.8) is 0 Å². The molecule has 0 bridgehead atoms. The number of carbonyl (C=O) groups excluding carboxylic acids is 1. The summed E-state index contributed by atoms with van der Waals surface area (Å²) in [5.41, 5.74) is 2.80. The van der Waals surface area contributed by atoms with E-state index in [1.165, 1.54) is 11.1 Å². The molecule has 5 nitrogen and oxygen atoms in total. The Hall–Kier alpha value is -2.69. The Morgan fingerprint density at radius 3 is 2.76 bits per heavy atom. The highest BCUT2D eigenvalue weighted by Gasteiger charge is 2.38. The van der Waals surface area contributed by atoms with E-state index in [0.29, 0.717) is 17.7 Å². The van der Waals surface area contributed by atoms with Gasteiger partial charge in [-0.25, -0.2) is 4.79 Å². The number of carbonyl (C=O) groups is 2.